The lowest BCUT2D eigenvalue weighted by molar-refractivity contribution is 0.590. The molecule has 0 radical (unpaired) electrons. The third-order valence-electron chi connectivity index (χ3n) is 12.9. The summed E-state index contributed by atoms with van der Waals surface area (Å²) in [7, 11) is 0. The minimum Gasteiger partial charge on any atom is -0.307 e. The second-order valence-corrected chi connectivity index (χ2v) is 18.9. The first-order valence-electron chi connectivity index (χ1n) is 21.6. The van der Waals surface area contributed by atoms with Crippen LogP contribution in [0.5, 0.6) is 0 Å². The quantitative estimate of drug-likeness (QED) is 0.163. The van der Waals surface area contributed by atoms with E-state index >= 15 is 0 Å². The molecule has 63 heavy (non-hydrogen) atoms. The summed E-state index contributed by atoms with van der Waals surface area (Å²) in [6.07, 6.45) is 0. The molecule has 3 heterocycles. The summed E-state index contributed by atoms with van der Waals surface area (Å²) in [5, 5.41) is 17.3. The van der Waals surface area contributed by atoms with E-state index in [4.69, 9.17) is 6.57 Å². The van der Waals surface area contributed by atoms with Gasteiger partial charge in [0, 0.05) is 37.9 Å². The molecular formula is C58H45N5. The van der Waals surface area contributed by atoms with Gasteiger partial charge >= 0.3 is 0 Å². The Balaban J connectivity index is 1.42. The summed E-state index contributed by atoms with van der Waals surface area (Å²) < 4.78 is 7.35. The van der Waals surface area contributed by atoms with Gasteiger partial charge in [-0.2, -0.15) is 5.26 Å². The Hall–Kier alpha value is -7.86. The van der Waals surface area contributed by atoms with Crippen LogP contribution in [0.3, 0.4) is 0 Å². The Morgan fingerprint density at radius 1 is 0.429 bits per heavy atom. The van der Waals surface area contributed by atoms with Crippen molar-refractivity contribution in [3.05, 3.63) is 192 Å². The first kappa shape index (κ1) is 38.1. The van der Waals surface area contributed by atoms with Gasteiger partial charge in [-0.1, -0.05) is 126 Å². The molecule has 302 valence electrons. The van der Waals surface area contributed by atoms with E-state index < -0.39 is 0 Å². The fourth-order valence-corrected chi connectivity index (χ4v) is 9.81. The Morgan fingerprint density at radius 3 is 1.19 bits per heavy atom. The van der Waals surface area contributed by atoms with Gasteiger partial charge < -0.3 is 13.7 Å². The molecule has 0 atom stereocenters. The van der Waals surface area contributed by atoms with Crippen LogP contribution in [0.1, 0.15) is 58.2 Å². The average Bonchev–Trinajstić information content (AvgIpc) is 3.93. The van der Waals surface area contributed by atoms with Gasteiger partial charge in [0.2, 0.25) is 0 Å². The Kier molecular flexibility index (Phi) is 8.36. The number of nitrogens with zero attached hydrogens (tertiary/aromatic N) is 5. The maximum absolute atomic E-state index is 10.3. The molecule has 0 amide bonds. The number of nitriles is 1. The monoisotopic (exact) mass is 811 g/mol. The van der Waals surface area contributed by atoms with Gasteiger partial charge in [-0.05, 0) is 112 Å². The lowest BCUT2D eigenvalue weighted by Crippen LogP contribution is -2.11. The van der Waals surface area contributed by atoms with Crippen LogP contribution in [-0.4, -0.2) is 13.7 Å². The molecule has 0 aliphatic heterocycles. The molecule has 0 bridgehead atoms. The SMILES string of the molecule is [C-]#[N+]c1cc(C#N)cc(-c2cc(-n3c4ccccc4c4ccccc43)c(-n3c4ccc(C(C)(C)C)cc4c4cc(C(C)(C)C)ccc43)c(-n3c4ccccc4c4ccccc43)c2)c1. The predicted octanol–water partition coefficient (Wildman–Crippen LogP) is 15.7. The van der Waals surface area contributed by atoms with E-state index in [9.17, 15) is 5.26 Å². The van der Waals surface area contributed by atoms with Crippen LogP contribution >= 0.6 is 0 Å². The molecule has 3 aromatic heterocycles. The topological polar surface area (TPSA) is 42.9 Å². The molecule has 5 heteroatoms. The minimum absolute atomic E-state index is 0.0592. The number of fused-ring (bicyclic) bond motifs is 9. The molecule has 0 saturated heterocycles. The average molecular weight is 812 g/mol. The van der Waals surface area contributed by atoms with Crippen molar-refractivity contribution in [1.29, 1.82) is 5.26 Å². The third-order valence-corrected chi connectivity index (χ3v) is 12.9. The molecule has 8 aromatic carbocycles. The Labute approximate surface area is 367 Å². The minimum atomic E-state index is -0.0592. The zero-order valence-corrected chi connectivity index (χ0v) is 36.3. The van der Waals surface area contributed by atoms with Crippen molar-refractivity contribution in [2.24, 2.45) is 0 Å². The highest BCUT2D eigenvalue weighted by molar-refractivity contribution is 6.14. The number of hydrogen-bond donors (Lipinski definition) is 0. The van der Waals surface area contributed by atoms with E-state index in [0.717, 1.165) is 82.8 Å². The molecule has 0 saturated carbocycles. The summed E-state index contributed by atoms with van der Waals surface area (Å²) >= 11 is 0. The summed E-state index contributed by atoms with van der Waals surface area (Å²) in [5.41, 5.74) is 14.6. The van der Waals surface area contributed by atoms with Gasteiger partial charge in [-0.25, -0.2) is 4.85 Å². The summed E-state index contributed by atoms with van der Waals surface area (Å²) in [6, 6.07) is 61.2. The number of para-hydroxylation sites is 4. The van der Waals surface area contributed by atoms with E-state index in [1.165, 1.54) is 21.9 Å². The van der Waals surface area contributed by atoms with Crippen LogP contribution < -0.4 is 0 Å². The van der Waals surface area contributed by atoms with Gasteiger partial charge in [0.25, 0.3) is 0 Å². The van der Waals surface area contributed by atoms with Crippen molar-refractivity contribution in [3.8, 4) is 34.3 Å². The van der Waals surface area contributed by atoms with Crippen LogP contribution in [0.25, 0.3) is 98.5 Å². The van der Waals surface area contributed by atoms with Crippen molar-refractivity contribution in [2.75, 3.05) is 0 Å². The first-order chi connectivity index (χ1) is 30.4. The van der Waals surface area contributed by atoms with Gasteiger partial charge in [0.05, 0.1) is 62.8 Å². The number of rotatable bonds is 4. The van der Waals surface area contributed by atoms with E-state index in [1.807, 2.05) is 12.1 Å². The van der Waals surface area contributed by atoms with E-state index in [1.54, 1.807) is 6.07 Å². The molecule has 0 N–H and O–H groups in total. The second-order valence-electron chi connectivity index (χ2n) is 18.9. The van der Waals surface area contributed by atoms with Crippen molar-refractivity contribution in [2.45, 2.75) is 52.4 Å². The molecule has 11 rings (SSSR count). The van der Waals surface area contributed by atoms with E-state index in [0.29, 0.717) is 11.3 Å². The zero-order valence-electron chi connectivity index (χ0n) is 36.3. The predicted molar refractivity (Wildman–Crippen MR) is 263 cm³/mol. The van der Waals surface area contributed by atoms with Crippen LogP contribution in [0.2, 0.25) is 0 Å². The van der Waals surface area contributed by atoms with Gasteiger partial charge in [-0.15, -0.1) is 0 Å². The van der Waals surface area contributed by atoms with Gasteiger partial charge in [0.1, 0.15) is 0 Å². The summed E-state index contributed by atoms with van der Waals surface area (Å²) in [4.78, 5) is 3.83. The summed E-state index contributed by atoms with van der Waals surface area (Å²) in [6.45, 7) is 21.8. The lowest BCUT2D eigenvalue weighted by atomic mass is 9.85. The third kappa shape index (κ3) is 5.89. The normalized spacial score (nSPS) is 12.3. The van der Waals surface area contributed by atoms with Gasteiger partial charge in [-0.3, -0.25) is 0 Å². The van der Waals surface area contributed by atoms with Crippen molar-refractivity contribution >= 4 is 71.1 Å². The molecule has 5 nitrogen and oxygen atoms in total. The standard InChI is InChI=1S/C58H45N5/c1-57(2,3)39-24-26-52-46(33-39)47-34-40(58(4,5)6)25-27-53(47)63(52)56-54(61-48-20-12-8-16-42(48)43-17-9-13-21-49(43)61)31-38(37-28-36(35-59)29-41(30-37)60-7)32-55(56)62-50-22-14-10-18-44(50)45-19-11-15-23-51(45)62/h8-34H,1-6H3. The molecule has 11 aromatic rings. The van der Waals surface area contributed by atoms with Crippen LogP contribution in [0, 0.1) is 17.9 Å². The van der Waals surface area contributed by atoms with Crippen molar-refractivity contribution in [1.82, 2.24) is 13.7 Å². The fourth-order valence-electron chi connectivity index (χ4n) is 9.81. The first-order valence-corrected chi connectivity index (χ1v) is 21.6. The highest BCUT2D eigenvalue weighted by Crippen LogP contribution is 2.46. The molecule has 0 aliphatic carbocycles. The molecule has 0 aliphatic rings. The second kappa shape index (κ2) is 13.8. The van der Waals surface area contributed by atoms with E-state index in [-0.39, 0.29) is 10.8 Å². The van der Waals surface area contributed by atoms with Crippen molar-refractivity contribution < 1.29 is 0 Å². The number of aromatic nitrogens is 3. The maximum atomic E-state index is 10.3. The maximum Gasteiger partial charge on any atom is 0.189 e. The zero-order chi connectivity index (χ0) is 43.4. The lowest BCUT2D eigenvalue weighted by Gasteiger charge is -2.24. The number of benzene rings is 8. The Bertz CT molecular complexity index is 3440. The molecule has 0 fully saturated rings. The molecular weight excluding hydrogens is 767 g/mol. The highest BCUT2D eigenvalue weighted by Gasteiger charge is 2.28. The Morgan fingerprint density at radius 2 is 0.810 bits per heavy atom. The number of hydrogen-bond acceptors (Lipinski definition) is 1. The molecule has 0 spiro atoms. The highest BCUT2D eigenvalue weighted by atomic mass is 15.1. The van der Waals surface area contributed by atoms with Crippen molar-refractivity contribution in [3.63, 3.8) is 0 Å². The van der Waals surface area contributed by atoms with Crippen LogP contribution in [0.4, 0.5) is 5.69 Å². The van der Waals surface area contributed by atoms with Crippen LogP contribution in [-0.2, 0) is 10.8 Å². The van der Waals surface area contributed by atoms with Crippen LogP contribution in [0.15, 0.2) is 164 Å². The summed E-state index contributed by atoms with van der Waals surface area (Å²) in [5.74, 6) is 0. The smallest absolute Gasteiger partial charge is 0.189 e. The van der Waals surface area contributed by atoms with Gasteiger partial charge in [0.15, 0.2) is 5.69 Å². The fraction of sp³-hybridized carbons (Fsp3) is 0.138. The molecule has 0 unspecified atom stereocenters. The van der Waals surface area contributed by atoms with E-state index in [2.05, 4.69) is 212 Å². The largest absolute Gasteiger partial charge is 0.307 e.